The van der Waals surface area contributed by atoms with Gasteiger partial charge in [0, 0.05) is 12.1 Å². The van der Waals surface area contributed by atoms with Crippen LogP contribution in [0.25, 0.3) is 0 Å². The van der Waals surface area contributed by atoms with Gasteiger partial charge in [-0.15, -0.1) is 0 Å². The molecule has 0 radical (unpaired) electrons. The molecule has 0 aromatic carbocycles. The van der Waals surface area contributed by atoms with Crippen LogP contribution < -0.4 is 0 Å². The van der Waals surface area contributed by atoms with E-state index in [1.54, 1.807) is 6.92 Å². The molecule has 5 nitrogen and oxygen atoms in total. The summed E-state index contributed by atoms with van der Waals surface area (Å²) in [5.41, 5.74) is 0.380. The molecular formula is C14H19NO4. The van der Waals surface area contributed by atoms with E-state index in [0.717, 1.165) is 6.42 Å². The summed E-state index contributed by atoms with van der Waals surface area (Å²) in [6, 6.07) is -0.0977. The van der Waals surface area contributed by atoms with Gasteiger partial charge in [-0.3, -0.25) is 4.79 Å². The lowest BCUT2D eigenvalue weighted by Crippen LogP contribution is -2.47. The summed E-state index contributed by atoms with van der Waals surface area (Å²) in [4.78, 5) is 25.8. The van der Waals surface area contributed by atoms with E-state index in [1.807, 2.05) is 11.8 Å². The van der Waals surface area contributed by atoms with Gasteiger partial charge < -0.3 is 14.4 Å². The van der Waals surface area contributed by atoms with Gasteiger partial charge in [0.25, 0.3) is 0 Å². The molecule has 0 aromatic rings. The normalized spacial score (nSPS) is 38.9. The van der Waals surface area contributed by atoms with Gasteiger partial charge in [0.1, 0.15) is 0 Å². The van der Waals surface area contributed by atoms with Gasteiger partial charge in [0.2, 0.25) is 5.91 Å². The molecule has 5 heteroatoms. The zero-order valence-corrected chi connectivity index (χ0v) is 11.3. The summed E-state index contributed by atoms with van der Waals surface area (Å²) < 4.78 is 11.3. The molecule has 1 amide bonds. The van der Waals surface area contributed by atoms with Gasteiger partial charge >= 0.3 is 5.97 Å². The van der Waals surface area contributed by atoms with Crippen LogP contribution in [-0.4, -0.2) is 47.7 Å². The van der Waals surface area contributed by atoms with Gasteiger partial charge in [-0.05, 0) is 19.8 Å². The molecular weight excluding hydrogens is 246 g/mol. The topological polar surface area (TPSA) is 55.8 Å². The van der Waals surface area contributed by atoms with E-state index in [4.69, 9.17) is 9.47 Å². The van der Waals surface area contributed by atoms with E-state index in [0.29, 0.717) is 18.5 Å². The molecule has 3 fully saturated rings. The second-order valence-corrected chi connectivity index (χ2v) is 5.65. The van der Waals surface area contributed by atoms with Crippen molar-refractivity contribution < 1.29 is 19.1 Å². The fraction of sp³-hybridized carbons (Fsp3) is 0.714. The predicted molar refractivity (Wildman–Crippen MR) is 67.3 cm³/mol. The lowest BCUT2D eigenvalue weighted by atomic mass is 9.88. The van der Waals surface area contributed by atoms with Crippen LogP contribution in [0.1, 0.15) is 26.7 Å². The highest BCUT2D eigenvalue weighted by Crippen LogP contribution is 2.48. The van der Waals surface area contributed by atoms with Gasteiger partial charge in [0.15, 0.2) is 6.10 Å². The highest BCUT2D eigenvalue weighted by Gasteiger charge is 2.65. The summed E-state index contributed by atoms with van der Waals surface area (Å²) in [7, 11) is 0. The lowest BCUT2D eigenvalue weighted by molar-refractivity contribution is -0.150. The van der Waals surface area contributed by atoms with Crippen molar-refractivity contribution in [3.8, 4) is 0 Å². The number of hydrogen-bond acceptors (Lipinski definition) is 4. The number of nitrogens with zero attached hydrogens (tertiary/aromatic N) is 1. The molecule has 3 heterocycles. The maximum atomic E-state index is 12.3. The zero-order chi connectivity index (χ0) is 13.7. The number of rotatable bonds is 4. The molecule has 5 atom stereocenters. The number of esters is 1. The minimum absolute atomic E-state index is 0.0265. The standard InChI is InChI=1S/C14H19NO4/c1-4-5-15-10-11-8(13(15)16)6-9(18-11)12(10)19-14(17)7(2)3/h8-12H,2,4-6H2,1,3H3. The molecule has 0 saturated carbocycles. The van der Waals surface area contributed by atoms with E-state index in [9.17, 15) is 9.59 Å². The molecule has 3 aliphatic heterocycles. The number of fused-ring (bicyclic) bond motifs is 1. The van der Waals surface area contributed by atoms with Crippen LogP contribution in [-0.2, 0) is 19.1 Å². The molecule has 0 aliphatic carbocycles. The number of carbonyl (C=O) groups is 2. The first-order valence-electron chi connectivity index (χ1n) is 6.87. The monoisotopic (exact) mass is 265 g/mol. The van der Waals surface area contributed by atoms with Crippen LogP contribution in [0.15, 0.2) is 12.2 Å². The van der Waals surface area contributed by atoms with Crippen LogP contribution in [0.3, 0.4) is 0 Å². The molecule has 3 rings (SSSR count). The van der Waals surface area contributed by atoms with Crippen molar-refractivity contribution in [2.24, 2.45) is 5.92 Å². The third-order valence-corrected chi connectivity index (χ3v) is 4.27. The van der Waals surface area contributed by atoms with Gasteiger partial charge in [-0.2, -0.15) is 0 Å². The summed E-state index contributed by atoms with van der Waals surface area (Å²) in [5, 5.41) is 0. The SMILES string of the molecule is C=C(C)C(=O)OC1C2CC3C(=O)N(CCC)C1C3O2. The van der Waals surface area contributed by atoms with Crippen LogP contribution in [0.4, 0.5) is 0 Å². The number of ether oxygens (including phenoxy) is 2. The minimum atomic E-state index is -0.395. The van der Waals surface area contributed by atoms with E-state index in [1.165, 1.54) is 0 Å². The highest BCUT2D eigenvalue weighted by atomic mass is 16.6. The Labute approximate surface area is 112 Å². The van der Waals surface area contributed by atoms with Crippen molar-refractivity contribution in [2.45, 2.75) is 51.0 Å². The third-order valence-electron chi connectivity index (χ3n) is 4.27. The zero-order valence-electron chi connectivity index (χ0n) is 11.3. The van der Waals surface area contributed by atoms with Gasteiger partial charge in [0.05, 0.1) is 24.2 Å². The Hall–Kier alpha value is -1.36. The Balaban J connectivity index is 1.82. The number of hydrogen-bond donors (Lipinski definition) is 0. The fourth-order valence-corrected chi connectivity index (χ4v) is 3.50. The van der Waals surface area contributed by atoms with E-state index >= 15 is 0 Å². The van der Waals surface area contributed by atoms with Crippen molar-refractivity contribution in [2.75, 3.05) is 6.54 Å². The van der Waals surface area contributed by atoms with E-state index in [-0.39, 0.29) is 36.2 Å². The minimum Gasteiger partial charge on any atom is -0.454 e. The molecule has 0 N–H and O–H groups in total. The van der Waals surface area contributed by atoms with Gasteiger partial charge in [-0.1, -0.05) is 13.5 Å². The molecule has 0 aromatic heterocycles. The predicted octanol–water partition coefficient (Wildman–Crippen LogP) is 0.882. The first-order valence-corrected chi connectivity index (χ1v) is 6.87. The molecule has 2 bridgehead atoms. The second kappa shape index (κ2) is 4.34. The van der Waals surface area contributed by atoms with Gasteiger partial charge in [-0.25, -0.2) is 4.79 Å². The van der Waals surface area contributed by atoms with Crippen molar-refractivity contribution in [1.82, 2.24) is 4.90 Å². The molecule has 19 heavy (non-hydrogen) atoms. The van der Waals surface area contributed by atoms with Crippen molar-refractivity contribution in [1.29, 1.82) is 0 Å². The van der Waals surface area contributed by atoms with Crippen LogP contribution in [0.5, 0.6) is 0 Å². The lowest BCUT2D eigenvalue weighted by Gasteiger charge is -2.29. The van der Waals surface area contributed by atoms with E-state index < -0.39 is 5.97 Å². The molecule has 3 saturated heterocycles. The summed E-state index contributed by atoms with van der Waals surface area (Å²) >= 11 is 0. The van der Waals surface area contributed by atoms with Crippen LogP contribution in [0, 0.1) is 5.92 Å². The quantitative estimate of drug-likeness (QED) is 0.559. The Morgan fingerprint density at radius 2 is 2.32 bits per heavy atom. The van der Waals surface area contributed by atoms with Crippen molar-refractivity contribution in [3.63, 3.8) is 0 Å². The fourth-order valence-electron chi connectivity index (χ4n) is 3.50. The van der Waals surface area contributed by atoms with E-state index in [2.05, 4.69) is 6.58 Å². The third kappa shape index (κ3) is 1.71. The largest absolute Gasteiger partial charge is 0.454 e. The first kappa shape index (κ1) is 12.7. The van der Waals surface area contributed by atoms with Crippen LogP contribution in [0.2, 0.25) is 0 Å². The number of carbonyl (C=O) groups excluding carboxylic acids is 2. The Morgan fingerprint density at radius 1 is 1.58 bits per heavy atom. The number of amides is 1. The summed E-state index contributed by atoms with van der Waals surface area (Å²) in [6.07, 6.45) is 1.02. The smallest absolute Gasteiger partial charge is 0.333 e. The average Bonchev–Trinajstić information content (AvgIpc) is 2.97. The molecule has 5 unspecified atom stereocenters. The highest BCUT2D eigenvalue weighted by molar-refractivity contribution is 5.88. The second-order valence-electron chi connectivity index (χ2n) is 5.65. The maximum absolute atomic E-state index is 12.3. The molecule has 3 aliphatic rings. The molecule has 104 valence electrons. The Bertz CT molecular complexity index is 447. The van der Waals surface area contributed by atoms with Crippen molar-refractivity contribution >= 4 is 11.9 Å². The Kier molecular flexibility index (Phi) is 2.89. The average molecular weight is 265 g/mol. The first-order chi connectivity index (χ1) is 9.04. The van der Waals surface area contributed by atoms with Crippen LogP contribution >= 0.6 is 0 Å². The summed E-state index contributed by atoms with van der Waals surface area (Å²) in [6.45, 7) is 7.96. The maximum Gasteiger partial charge on any atom is 0.333 e. The Morgan fingerprint density at radius 3 is 2.95 bits per heavy atom. The molecule has 0 spiro atoms. The summed E-state index contributed by atoms with van der Waals surface area (Å²) in [5.74, 6) is -0.261. The van der Waals surface area contributed by atoms with Crippen molar-refractivity contribution in [3.05, 3.63) is 12.2 Å². The number of likely N-dealkylation sites (tertiary alicyclic amines) is 1.